The first-order valence-electron chi connectivity index (χ1n) is 6.11. The van der Waals surface area contributed by atoms with Gasteiger partial charge in [0, 0.05) is 36.9 Å². The number of fused-ring (bicyclic) bond motifs is 2. The predicted molar refractivity (Wildman–Crippen MR) is 60.3 cm³/mol. The summed E-state index contributed by atoms with van der Waals surface area (Å²) in [6, 6.07) is 0.975. The minimum atomic E-state index is 0.159. The van der Waals surface area contributed by atoms with Gasteiger partial charge in [-0.2, -0.15) is 0 Å². The maximum absolute atomic E-state index is 12.4. The summed E-state index contributed by atoms with van der Waals surface area (Å²) in [4.78, 5) is 16.6. The molecule has 2 saturated heterocycles. The van der Waals surface area contributed by atoms with Crippen LogP contribution in [0.25, 0.3) is 0 Å². The van der Waals surface area contributed by atoms with Crippen molar-refractivity contribution < 1.29 is 4.79 Å². The molecule has 3 rings (SSSR count). The lowest BCUT2D eigenvalue weighted by Crippen LogP contribution is -2.30. The summed E-state index contributed by atoms with van der Waals surface area (Å²) in [5.41, 5.74) is 0. The van der Waals surface area contributed by atoms with Crippen LogP contribution in [0, 0.1) is 5.92 Å². The van der Waals surface area contributed by atoms with Crippen LogP contribution in [-0.4, -0.2) is 27.4 Å². The highest BCUT2D eigenvalue weighted by molar-refractivity contribution is 5.95. The van der Waals surface area contributed by atoms with Crippen molar-refractivity contribution in [2.24, 2.45) is 5.92 Å². The first-order chi connectivity index (χ1) is 7.79. The van der Waals surface area contributed by atoms with Crippen molar-refractivity contribution in [3.8, 4) is 0 Å². The topological polar surface area (TPSA) is 46.9 Å². The van der Waals surface area contributed by atoms with Gasteiger partial charge < -0.3 is 9.88 Å². The number of hydrogen-bond acceptors (Lipinski definition) is 3. The molecule has 0 amide bonds. The third kappa shape index (κ3) is 1.40. The van der Waals surface area contributed by atoms with E-state index < -0.39 is 0 Å². The SMILES string of the molecule is CCn1ccnc1C(=O)C1CC2CCC1N2. The van der Waals surface area contributed by atoms with E-state index in [0.717, 1.165) is 19.4 Å². The van der Waals surface area contributed by atoms with Crippen LogP contribution in [0.15, 0.2) is 12.4 Å². The van der Waals surface area contributed by atoms with Gasteiger partial charge in [-0.3, -0.25) is 4.79 Å². The molecular weight excluding hydrogens is 202 g/mol. The van der Waals surface area contributed by atoms with Crippen LogP contribution in [0.3, 0.4) is 0 Å². The van der Waals surface area contributed by atoms with Gasteiger partial charge in [0.05, 0.1) is 0 Å². The molecule has 4 heteroatoms. The maximum Gasteiger partial charge on any atom is 0.202 e. The molecule has 2 aliphatic heterocycles. The predicted octanol–water partition coefficient (Wildman–Crippen LogP) is 1.23. The highest BCUT2D eigenvalue weighted by Gasteiger charge is 2.43. The van der Waals surface area contributed by atoms with E-state index in [1.54, 1.807) is 6.20 Å². The second kappa shape index (κ2) is 3.70. The average Bonchev–Trinajstić information content (AvgIpc) is 3.02. The van der Waals surface area contributed by atoms with Crippen LogP contribution in [0.1, 0.15) is 36.8 Å². The molecule has 2 bridgehead atoms. The summed E-state index contributed by atoms with van der Waals surface area (Å²) >= 11 is 0. The van der Waals surface area contributed by atoms with E-state index in [9.17, 15) is 4.79 Å². The second-order valence-electron chi connectivity index (χ2n) is 4.79. The molecule has 0 saturated carbocycles. The zero-order chi connectivity index (χ0) is 11.1. The highest BCUT2D eigenvalue weighted by Crippen LogP contribution is 2.34. The molecule has 2 fully saturated rings. The van der Waals surface area contributed by atoms with Gasteiger partial charge in [-0.25, -0.2) is 4.98 Å². The first-order valence-corrected chi connectivity index (χ1v) is 6.11. The average molecular weight is 219 g/mol. The fourth-order valence-electron chi connectivity index (χ4n) is 3.07. The Morgan fingerprint density at radius 2 is 2.50 bits per heavy atom. The summed E-state index contributed by atoms with van der Waals surface area (Å²) in [6.07, 6.45) is 6.98. The molecule has 4 nitrogen and oxygen atoms in total. The van der Waals surface area contributed by atoms with Crippen LogP contribution < -0.4 is 5.32 Å². The lowest BCUT2D eigenvalue weighted by molar-refractivity contribution is 0.0885. The second-order valence-corrected chi connectivity index (χ2v) is 4.79. The summed E-state index contributed by atoms with van der Waals surface area (Å²) < 4.78 is 1.94. The van der Waals surface area contributed by atoms with Crippen molar-refractivity contribution in [3.05, 3.63) is 18.2 Å². The lowest BCUT2D eigenvalue weighted by atomic mass is 9.86. The van der Waals surface area contributed by atoms with Gasteiger partial charge in [0.1, 0.15) is 0 Å². The quantitative estimate of drug-likeness (QED) is 0.778. The molecule has 0 aromatic carbocycles. The van der Waals surface area contributed by atoms with Crippen molar-refractivity contribution in [2.45, 2.75) is 44.8 Å². The Morgan fingerprint density at radius 1 is 1.62 bits per heavy atom. The summed E-state index contributed by atoms with van der Waals surface area (Å²) in [7, 11) is 0. The Balaban J connectivity index is 1.83. The summed E-state index contributed by atoms with van der Waals surface area (Å²) in [6.45, 7) is 2.85. The van der Waals surface area contributed by atoms with Crippen molar-refractivity contribution in [1.29, 1.82) is 0 Å². The Kier molecular flexibility index (Phi) is 2.32. The van der Waals surface area contributed by atoms with Crippen molar-refractivity contribution in [2.75, 3.05) is 0 Å². The highest BCUT2D eigenvalue weighted by atomic mass is 16.1. The number of aryl methyl sites for hydroxylation is 1. The van der Waals surface area contributed by atoms with Crippen LogP contribution in [0.2, 0.25) is 0 Å². The van der Waals surface area contributed by atoms with E-state index >= 15 is 0 Å². The molecule has 0 radical (unpaired) electrons. The van der Waals surface area contributed by atoms with Gasteiger partial charge in [-0.1, -0.05) is 0 Å². The van der Waals surface area contributed by atoms with Crippen LogP contribution in [0.4, 0.5) is 0 Å². The molecule has 1 N–H and O–H groups in total. The third-order valence-electron chi connectivity index (χ3n) is 3.91. The number of imidazole rings is 1. The lowest BCUT2D eigenvalue weighted by Gasteiger charge is -2.18. The van der Waals surface area contributed by atoms with Gasteiger partial charge >= 0.3 is 0 Å². The first kappa shape index (κ1) is 10.0. The smallest absolute Gasteiger partial charge is 0.202 e. The molecule has 1 aromatic rings. The minimum absolute atomic E-state index is 0.159. The number of carbonyl (C=O) groups excluding carboxylic acids is 1. The number of ketones is 1. The molecule has 0 aliphatic carbocycles. The molecule has 1 aromatic heterocycles. The monoisotopic (exact) mass is 219 g/mol. The molecule has 16 heavy (non-hydrogen) atoms. The Bertz CT molecular complexity index is 412. The van der Waals surface area contributed by atoms with E-state index in [1.807, 2.05) is 17.7 Å². The maximum atomic E-state index is 12.4. The zero-order valence-electron chi connectivity index (χ0n) is 9.52. The normalized spacial score (nSPS) is 32.2. The third-order valence-corrected chi connectivity index (χ3v) is 3.91. The fourth-order valence-corrected chi connectivity index (χ4v) is 3.07. The van der Waals surface area contributed by atoms with E-state index in [1.165, 1.54) is 6.42 Å². The number of hydrogen-bond donors (Lipinski definition) is 1. The van der Waals surface area contributed by atoms with Crippen molar-refractivity contribution in [1.82, 2.24) is 14.9 Å². The summed E-state index contributed by atoms with van der Waals surface area (Å²) in [5, 5.41) is 3.50. The largest absolute Gasteiger partial charge is 0.329 e. The molecule has 3 unspecified atom stereocenters. The van der Waals surface area contributed by atoms with Crippen LogP contribution in [0.5, 0.6) is 0 Å². The van der Waals surface area contributed by atoms with E-state index in [-0.39, 0.29) is 11.7 Å². The number of Topliss-reactive ketones (excluding diaryl/α,β-unsaturated/α-hetero) is 1. The fraction of sp³-hybridized carbons (Fsp3) is 0.667. The summed E-state index contributed by atoms with van der Waals surface area (Å²) in [5.74, 6) is 1.03. The van der Waals surface area contributed by atoms with Crippen LogP contribution >= 0.6 is 0 Å². The van der Waals surface area contributed by atoms with Crippen LogP contribution in [-0.2, 0) is 6.54 Å². The Hall–Kier alpha value is -1.16. The molecule has 86 valence electrons. The number of nitrogens with one attached hydrogen (secondary N) is 1. The number of rotatable bonds is 3. The Morgan fingerprint density at radius 3 is 3.12 bits per heavy atom. The van der Waals surface area contributed by atoms with E-state index in [0.29, 0.717) is 17.9 Å². The molecule has 3 heterocycles. The minimum Gasteiger partial charge on any atom is -0.329 e. The molecule has 3 atom stereocenters. The molecule has 2 aliphatic rings. The standard InChI is InChI=1S/C12H17N3O/c1-2-15-6-5-13-12(15)11(16)9-7-8-3-4-10(9)14-8/h5-6,8-10,14H,2-4,7H2,1H3. The number of nitrogens with zero attached hydrogens (tertiary/aromatic N) is 2. The van der Waals surface area contributed by atoms with Crippen molar-refractivity contribution >= 4 is 5.78 Å². The van der Waals surface area contributed by atoms with Gasteiger partial charge in [0.25, 0.3) is 0 Å². The zero-order valence-corrected chi connectivity index (χ0v) is 9.52. The van der Waals surface area contributed by atoms with Gasteiger partial charge in [-0.15, -0.1) is 0 Å². The van der Waals surface area contributed by atoms with Gasteiger partial charge in [0.2, 0.25) is 5.78 Å². The number of aromatic nitrogens is 2. The Labute approximate surface area is 95.1 Å². The molecular formula is C12H17N3O. The molecule has 0 spiro atoms. The van der Waals surface area contributed by atoms with E-state index in [4.69, 9.17) is 0 Å². The van der Waals surface area contributed by atoms with E-state index in [2.05, 4.69) is 10.3 Å². The van der Waals surface area contributed by atoms with Gasteiger partial charge in [-0.05, 0) is 26.2 Å². The van der Waals surface area contributed by atoms with Gasteiger partial charge in [0.15, 0.2) is 5.82 Å². The van der Waals surface area contributed by atoms with Crippen molar-refractivity contribution in [3.63, 3.8) is 0 Å². The number of carbonyl (C=O) groups is 1.